The van der Waals surface area contributed by atoms with Crippen LogP contribution in [0.4, 0.5) is 0 Å². The topological polar surface area (TPSA) is 40.6 Å². The molecular weight excluding hydrogens is 240 g/mol. The van der Waals surface area contributed by atoms with E-state index in [4.69, 9.17) is 0 Å². The van der Waals surface area contributed by atoms with Gasteiger partial charge >= 0.3 is 0 Å². The summed E-state index contributed by atoms with van der Waals surface area (Å²) >= 11 is 0. The molecule has 2 fully saturated rings. The van der Waals surface area contributed by atoms with Crippen LogP contribution in [0.25, 0.3) is 0 Å². The minimum atomic E-state index is -0.152. The predicted octanol–water partition coefficient (Wildman–Crippen LogP) is 1.12. The first-order chi connectivity index (χ1) is 9.09. The molecule has 3 atom stereocenters. The second-order valence-electron chi connectivity index (χ2n) is 5.52. The van der Waals surface area contributed by atoms with Gasteiger partial charge in [0.2, 0.25) is 11.8 Å². The van der Waals surface area contributed by atoms with Gasteiger partial charge in [-0.15, -0.1) is 0 Å². The molecule has 1 aromatic carbocycles. The molecule has 0 unspecified atom stereocenters. The number of benzene rings is 1. The van der Waals surface area contributed by atoms with Gasteiger partial charge < -0.3 is 0 Å². The monoisotopic (exact) mass is 258 g/mol. The number of fused-ring (bicyclic) bond motifs is 1. The van der Waals surface area contributed by atoms with Crippen LogP contribution in [0.2, 0.25) is 0 Å². The summed E-state index contributed by atoms with van der Waals surface area (Å²) < 4.78 is 0. The van der Waals surface area contributed by atoms with Crippen molar-refractivity contribution < 1.29 is 9.59 Å². The van der Waals surface area contributed by atoms with E-state index in [0.717, 1.165) is 6.54 Å². The van der Waals surface area contributed by atoms with Gasteiger partial charge in [-0.2, -0.15) is 0 Å². The van der Waals surface area contributed by atoms with Gasteiger partial charge in [0.15, 0.2) is 0 Å². The second kappa shape index (κ2) is 4.46. The minimum Gasteiger partial charge on any atom is -0.295 e. The van der Waals surface area contributed by atoms with Crippen LogP contribution in [0.15, 0.2) is 30.3 Å². The summed E-state index contributed by atoms with van der Waals surface area (Å²) in [6.07, 6.45) is 0. The summed E-state index contributed by atoms with van der Waals surface area (Å²) in [6.45, 7) is 3.55. The lowest BCUT2D eigenvalue weighted by Crippen LogP contribution is -2.37. The van der Waals surface area contributed by atoms with Crippen LogP contribution in [-0.4, -0.2) is 41.2 Å². The lowest BCUT2D eigenvalue weighted by Gasteiger charge is -2.24. The molecule has 3 rings (SSSR count). The van der Waals surface area contributed by atoms with Crippen LogP contribution < -0.4 is 0 Å². The fraction of sp³-hybridized carbons (Fsp3) is 0.467. The van der Waals surface area contributed by atoms with Gasteiger partial charge in [0.25, 0.3) is 0 Å². The molecule has 2 aliphatic heterocycles. The van der Waals surface area contributed by atoms with E-state index in [-0.39, 0.29) is 29.7 Å². The maximum atomic E-state index is 12.1. The Morgan fingerprint density at radius 1 is 1.16 bits per heavy atom. The highest BCUT2D eigenvalue weighted by molar-refractivity contribution is 6.05. The molecular formula is C15H18N2O2. The number of nitrogens with zero attached hydrogens (tertiary/aromatic N) is 2. The zero-order valence-electron chi connectivity index (χ0n) is 11.2. The number of amides is 2. The third-order valence-corrected chi connectivity index (χ3v) is 4.45. The molecule has 2 heterocycles. The van der Waals surface area contributed by atoms with E-state index in [2.05, 4.69) is 24.0 Å². The van der Waals surface area contributed by atoms with Gasteiger partial charge in [-0.1, -0.05) is 30.3 Å². The predicted molar refractivity (Wildman–Crippen MR) is 71.1 cm³/mol. The molecule has 2 aliphatic rings. The highest BCUT2D eigenvalue weighted by atomic mass is 16.2. The van der Waals surface area contributed by atoms with Crippen LogP contribution in [0, 0.1) is 11.8 Å². The van der Waals surface area contributed by atoms with Crippen molar-refractivity contribution in [3.8, 4) is 0 Å². The van der Waals surface area contributed by atoms with Crippen molar-refractivity contribution >= 4 is 11.8 Å². The molecule has 0 bridgehead atoms. The number of carbonyl (C=O) groups is 2. The summed E-state index contributed by atoms with van der Waals surface area (Å²) in [7, 11) is 1.59. The molecule has 19 heavy (non-hydrogen) atoms. The number of hydrogen-bond donors (Lipinski definition) is 0. The van der Waals surface area contributed by atoms with Crippen molar-refractivity contribution in [2.45, 2.75) is 19.5 Å². The zero-order valence-corrected chi connectivity index (χ0v) is 11.2. The number of likely N-dealkylation sites (tertiary alicyclic amines) is 2. The maximum Gasteiger partial charge on any atom is 0.234 e. The van der Waals surface area contributed by atoms with Gasteiger partial charge in [-0.3, -0.25) is 19.4 Å². The second-order valence-corrected chi connectivity index (χ2v) is 5.52. The molecule has 0 aromatic heterocycles. The smallest absolute Gasteiger partial charge is 0.234 e. The Balaban J connectivity index is 1.78. The highest BCUT2D eigenvalue weighted by Gasteiger charge is 2.54. The molecule has 4 nitrogen and oxygen atoms in total. The Bertz CT molecular complexity index is 514. The van der Waals surface area contributed by atoms with Crippen molar-refractivity contribution in [2.75, 3.05) is 13.6 Å². The van der Waals surface area contributed by atoms with Gasteiger partial charge in [-0.25, -0.2) is 0 Å². The summed E-state index contributed by atoms with van der Waals surface area (Å²) in [5, 5.41) is 0. The van der Waals surface area contributed by atoms with Gasteiger partial charge in [0.1, 0.15) is 0 Å². The van der Waals surface area contributed by atoms with E-state index in [9.17, 15) is 9.59 Å². The first kappa shape index (κ1) is 12.4. The number of imide groups is 1. The summed E-state index contributed by atoms with van der Waals surface area (Å²) in [4.78, 5) is 27.6. The van der Waals surface area contributed by atoms with E-state index < -0.39 is 0 Å². The first-order valence-electron chi connectivity index (χ1n) is 6.69. The summed E-state index contributed by atoms with van der Waals surface area (Å²) in [5.74, 6) is -0.326. The normalized spacial score (nSPS) is 31.1. The van der Waals surface area contributed by atoms with E-state index in [0.29, 0.717) is 6.54 Å². The molecule has 0 saturated carbocycles. The van der Waals surface area contributed by atoms with Crippen LogP contribution in [-0.2, 0) is 16.1 Å². The highest BCUT2D eigenvalue weighted by Crippen LogP contribution is 2.37. The maximum absolute atomic E-state index is 12.1. The van der Waals surface area contributed by atoms with Crippen LogP contribution in [0.1, 0.15) is 12.5 Å². The number of carbonyl (C=O) groups excluding carboxylic acids is 2. The largest absolute Gasteiger partial charge is 0.295 e. The molecule has 0 spiro atoms. The zero-order chi connectivity index (χ0) is 13.6. The molecule has 2 saturated heterocycles. The Morgan fingerprint density at radius 3 is 2.47 bits per heavy atom. The SMILES string of the molecule is C[C@@H]1[C@H]2C(=O)N(C)C(=O)[C@H]2CN1Cc1ccccc1. The van der Waals surface area contributed by atoms with Crippen LogP contribution in [0.5, 0.6) is 0 Å². The van der Waals surface area contributed by atoms with Crippen molar-refractivity contribution in [3.05, 3.63) is 35.9 Å². The molecule has 2 amide bonds. The van der Waals surface area contributed by atoms with E-state index in [1.807, 2.05) is 18.2 Å². The Labute approximate surface area is 113 Å². The summed E-state index contributed by atoms with van der Waals surface area (Å²) in [6, 6.07) is 10.3. The Morgan fingerprint density at radius 2 is 1.84 bits per heavy atom. The van der Waals surface area contributed by atoms with Crippen molar-refractivity contribution in [1.29, 1.82) is 0 Å². The molecule has 4 heteroatoms. The molecule has 100 valence electrons. The first-order valence-corrected chi connectivity index (χ1v) is 6.69. The van der Waals surface area contributed by atoms with Crippen LogP contribution in [0.3, 0.4) is 0 Å². The number of rotatable bonds is 2. The number of hydrogen-bond acceptors (Lipinski definition) is 3. The van der Waals surface area contributed by atoms with E-state index in [1.54, 1.807) is 7.05 Å². The Hall–Kier alpha value is -1.68. The molecule has 0 aliphatic carbocycles. The van der Waals surface area contributed by atoms with E-state index in [1.165, 1.54) is 10.5 Å². The fourth-order valence-corrected chi connectivity index (χ4v) is 3.31. The average Bonchev–Trinajstić information content (AvgIpc) is 2.84. The third kappa shape index (κ3) is 1.87. The average molecular weight is 258 g/mol. The molecule has 0 radical (unpaired) electrons. The standard InChI is InChI=1S/C15H18N2O2/c1-10-13-12(14(18)16(2)15(13)19)9-17(10)8-11-6-4-3-5-7-11/h3-7,10,12-13H,8-9H2,1-2H3/t10-,12+,13-/m1/s1. The molecule has 1 aromatic rings. The quantitative estimate of drug-likeness (QED) is 0.746. The lowest BCUT2D eigenvalue weighted by atomic mass is 9.94. The Kier molecular flexibility index (Phi) is 2.90. The minimum absolute atomic E-state index is 0.0157. The van der Waals surface area contributed by atoms with E-state index >= 15 is 0 Å². The lowest BCUT2D eigenvalue weighted by molar-refractivity contribution is -0.139. The van der Waals surface area contributed by atoms with Gasteiger partial charge in [-0.05, 0) is 12.5 Å². The van der Waals surface area contributed by atoms with Crippen molar-refractivity contribution in [1.82, 2.24) is 9.80 Å². The fourth-order valence-electron chi connectivity index (χ4n) is 3.31. The van der Waals surface area contributed by atoms with Crippen LogP contribution >= 0.6 is 0 Å². The van der Waals surface area contributed by atoms with Crippen molar-refractivity contribution in [2.24, 2.45) is 11.8 Å². The summed E-state index contributed by atoms with van der Waals surface area (Å²) in [5.41, 5.74) is 1.22. The van der Waals surface area contributed by atoms with Crippen molar-refractivity contribution in [3.63, 3.8) is 0 Å². The molecule has 0 N–H and O–H groups in total. The van der Waals surface area contributed by atoms with Gasteiger partial charge in [0.05, 0.1) is 11.8 Å². The van der Waals surface area contributed by atoms with Gasteiger partial charge in [0, 0.05) is 26.2 Å². The third-order valence-electron chi connectivity index (χ3n) is 4.45.